The zero-order valence-corrected chi connectivity index (χ0v) is 11.3. The molecule has 2 saturated carbocycles. The Morgan fingerprint density at radius 1 is 1.21 bits per heavy atom. The molecule has 1 aromatic rings. The van der Waals surface area contributed by atoms with Gasteiger partial charge in [0, 0.05) is 17.7 Å². The van der Waals surface area contributed by atoms with Crippen LogP contribution in [0.1, 0.15) is 44.2 Å². The van der Waals surface area contributed by atoms with Crippen molar-refractivity contribution in [2.24, 2.45) is 17.8 Å². The summed E-state index contributed by atoms with van der Waals surface area (Å²) in [5.41, 5.74) is 0.641. The molecule has 0 spiro atoms. The van der Waals surface area contributed by atoms with Crippen molar-refractivity contribution in [3.63, 3.8) is 0 Å². The molecule has 1 aromatic carbocycles. The lowest BCUT2D eigenvalue weighted by molar-refractivity contribution is 0.434. The summed E-state index contributed by atoms with van der Waals surface area (Å²) in [6.45, 7) is 2.86. The Hall–Kier alpha value is -0.960. The molecule has 104 valence electrons. The van der Waals surface area contributed by atoms with Gasteiger partial charge in [0.05, 0.1) is 0 Å². The highest BCUT2D eigenvalue weighted by Gasteiger charge is 2.54. The molecule has 0 bridgehead atoms. The van der Waals surface area contributed by atoms with Gasteiger partial charge in [-0.3, -0.25) is 0 Å². The maximum Gasteiger partial charge on any atom is 0.130 e. The molecule has 3 unspecified atom stereocenters. The molecule has 2 aliphatic rings. The van der Waals surface area contributed by atoms with Crippen LogP contribution in [0.15, 0.2) is 18.2 Å². The minimum Gasteiger partial charge on any atom is -0.310 e. The predicted molar refractivity (Wildman–Crippen MR) is 71.7 cm³/mol. The Kier molecular flexibility index (Phi) is 3.57. The van der Waals surface area contributed by atoms with Crippen LogP contribution in [0.4, 0.5) is 8.78 Å². The third-order valence-electron chi connectivity index (χ3n) is 4.83. The van der Waals surface area contributed by atoms with Crippen LogP contribution < -0.4 is 5.32 Å². The molecule has 0 aliphatic heterocycles. The fraction of sp³-hybridized carbons (Fsp3) is 0.625. The van der Waals surface area contributed by atoms with Crippen molar-refractivity contribution in [2.45, 2.75) is 38.6 Å². The van der Waals surface area contributed by atoms with Crippen LogP contribution in [0, 0.1) is 29.4 Å². The Morgan fingerprint density at radius 2 is 1.89 bits per heavy atom. The lowest BCUT2D eigenvalue weighted by Crippen LogP contribution is -2.25. The highest BCUT2D eigenvalue weighted by Crippen LogP contribution is 2.60. The van der Waals surface area contributed by atoms with Crippen molar-refractivity contribution < 1.29 is 8.78 Å². The van der Waals surface area contributed by atoms with Crippen molar-refractivity contribution in [1.82, 2.24) is 5.32 Å². The minimum absolute atomic E-state index is 0.0544. The molecule has 1 N–H and O–H groups in total. The van der Waals surface area contributed by atoms with Crippen LogP contribution in [0.3, 0.4) is 0 Å². The summed E-state index contributed by atoms with van der Waals surface area (Å²) in [7, 11) is 0. The van der Waals surface area contributed by atoms with Crippen molar-refractivity contribution in [3.05, 3.63) is 35.4 Å². The van der Waals surface area contributed by atoms with Gasteiger partial charge in [0.25, 0.3) is 0 Å². The fourth-order valence-electron chi connectivity index (χ4n) is 3.97. The quantitative estimate of drug-likeness (QED) is 0.866. The third-order valence-corrected chi connectivity index (χ3v) is 4.83. The standard InChI is InChI=1S/C16H21F2N/c1-2-19-16(13-8-7-10(17)9-14(13)18)15-11-5-3-4-6-12(11)15/h7-9,11-12,15-16,19H,2-6H2,1H3. The van der Waals surface area contributed by atoms with E-state index in [2.05, 4.69) is 5.32 Å². The highest BCUT2D eigenvalue weighted by molar-refractivity contribution is 5.26. The molecule has 1 nitrogen and oxygen atoms in total. The van der Waals surface area contributed by atoms with Gasteiger partial charge in [0.1, 0.15) is 11.6 Å². The van der Waals surface area contributed by atoms with Crippen LogP contribution >= 0.6 is 0 Å². The van der Waals surface area contributed by atoms with E-state index in [4.69, 9.17) is 0 Å². The van der Waals surface area contributed by atoms with Crippen molar-refractivity contribution >= 4 is 0 Å². The van der Waals surface area contributed by atoms with Gasteiger partial charge in [-0.05, 0) is 43.2 Å². The summed E-state index contributed by atoms with van der Waals surface area (Å²) in [4.78, 5) is 0. The van der Waals surface area contributed by atoms with E-state index in [1.54, 1.807) is 6.07 Å². The molecule has 0 heterocycles. The molecule has 19 heavy (non-hydrogen) atoms. The molecule has 0 amide bonds. The molecule has 3 atom stereocenters. The monoisotopic (exact) mass is 265 g/mol. The largest absolute Gasteiger partial charge is 0.310 e. The van der Waals surface area contributed by atoms with Crippen LogP contribution in [0.25, 0.3) is 0 Å². The van der Waals surface area contributed by atoms with Crippen molar-refractivity contribution in [2.75, 3.05) is 6.54 Å². The van der Waals surface area contributed by atoms with Gasteiger partial charge in [-0.2, -0.15) is 0 Å². The average Bonchev–Trinajstić information content (AvgIpc) is 3.11. The van der Waals surface area contributed by atoms with Gasteiger partial charge in [-0.1, -0.05) is 25.8 Å². The summed E-state index contributed by atoms with van der Waals surface area (Å²) in [6.07, 6.45) is 5.17. The summed E-state index contributed by atoms with van der Waals surface area (Å²) >= 11 is 0. The summed E-state index contributed by atoms with van der Waals surface area (Å²) in [5.74, 6) is 1.14. The summed E-state index contributed by atoms with van der Waals surface area (Å²) in [6, 6.07) is 4.04. The normalized spacial score (nSPS) is 30.8. The maximum atomic E-state index is 14.0. The van der Waals surface area contributed by atoms with Gasteiger partial charge in [-0.25, -0.2) is 8.78 Å². The van der Waals surface area contributed by atoms with Gasteiger partial charge >= 0.3 is 0 Å². The second-order valence-corrected chi connectivity index (χ2v) is 5.89. The SMILES string of the molecule is CCNC(c1ccc(F)cc1F)C1C2CCCCC21. The number of nitrogens with one attached hydrogen (secondary N) is 1. The van der Waals surface area contributed by atoms with E-state index >= 15 is 0 Å². The first-order valence-electron chi connectivity index (χ1n) is 7.40. The molecule has 3 rings (SSSR count). The topological polar surface area (TPSA) is 12.0 Å². The number of rotatable bonds is 4. The molecule has 3 heteroatoms. The van der Waals surface area contributed by atoms with Gasteiger partial charge in [0.15, 0.2) is 0 Å². The Morgan fingerprint density at radius 3 is 2.47 bits per heavy atom. The molecule has 2 fully saturated rings. The zero-order valence-electron chi connectivity index (χ0n) is 11.3. The first-order chi connectivity index (χ1) is 9.22. The second-order valence-electron chi connectivity index (χ2n) is 5.89. The molecular formula is C16H21F2N. The lowest BCUT2D eigenvalue weighted by Gasteiger charge is -2.19. The predicted octanol–water partition coefficient (Wildman–Crippen LogP) is 4.05. The first kappa shape index (κ1) is 13.0. The second kappa shape index (κ2) is 5.20. The van der Waals surface area contributed by atoms with Gasteiger partial charge in [-0.15, -0.1) is 0 Å². The lowest BCUT2D eigenvalue weighted by atomic mass is 9.99. The molecule has 2 aliphatic carbocycles. The van der Waals surface area contributed by atoms with E-state index in [9.17, 15) is 8.78 Å². The minimum atomic E-state index is -0.496. The molecular weight excluding hydrogens is 244 g/mol. The van der Waals surface area contributed by atoms with E-state index < -0.39 is 11.6 Å². The first-order valence-corrected chi connectivity index (χ1v) is 7.40. The number of hydrogen-bond donors (Lipinski definition) is 1. The van der Waals surface area contributed by atoms with E-state index in [1.807, 2.05) is 6.92 Å². The van der Waals surface area contributed by atoms with Crippen LogP contribution in [0.5, 0.6) is 0 Å². The van der Waals surface area contributed by atoms with Gasteiger partial charge < -0.3 is 5.32 Å². The Labute approximate surface area is 113 Å². The molecule has 0 aromatic heterocycles. The smallest absolute Gasteiger partial charge is 0.130 e. The van der Waals surface area contributed by atoms with Crippen molar-refractivity contribution in [3.8, 4) is 0 Å². The number of halogens is 2. The summed E-state index contributed by atoms with van der Waals surface area (Å²) in [5, 5.41) is 3.42. The fourth-order valence-corrected chi connectivity index (χ4v) is 3.97. The van der Waals surface area contributed by atoms with E-state index in [-0.39, 0.29) is 6.04 Å². The third kappa shape index (κ3) is 2.40. The van der Waals surface area contributed by atoms with E-state index in [1.165, 1.54) is 31.7 Å². The molecule has 0 saturated heterocycles. The van der Waals surface area contributed by atoms with Crippen LogP contribution in [0.2, 0.25) is 0 Å². The Bertz CT molecular complexity index is 448. The Balaban J connectivity index is 1.84. The van der Waals surface area contributed by atoms with Crippen LogP contribution in [-0.2, 0) is 0 Å². The van der Waals surface area contributed by atoms with Gasteiger partial charge in [0.2, 0.25) is 0 Å². The number of hydrogen-bond acceptors (Lipinski definition) is 1. The average molecular weight is 265 g/mol. The van der Waals surface area contributed by atoms with E-state index in [0.717, 1.165) is 24.4 Å². The van der Waals surface area contributed by atoms with Crippen LogP contribution in [-0.4, -0.2) is 6.54 Å². The number of benzene rings is 1. The molecule has 0 radical (unpaired) electrons. The number of fused-ring (bicyclic) bond motifs is 1. The zero-order chi connectivity index (χ0) is 13.4. The summed E-state index contributed by atoms with van der Waals surface area (Å²) < 4.78 is 27.1. The van der Waals surface area contributed by atoms with Crippen molar-refractivity contribution in [1.29, 1.82) is 0 Å². The maximum absolute atomic E-state index is 14.0. The van der Waals surface area contributed by atoms with E-state index in [0.29, 0.717) is 11.5 Å². The highest BCUT2D eigenvalue weighted by atomic mass is 19.1.